The molecule has 2 rings (SSSR count). The van der Waals surface area contributed by atoms with Gasteiger partial charge in [0.1, 0.15) is 0 Å². The van der Waals surface area contributed by atoms with Crippen LogP contribution >= 0.6 is 11.3 Å². The van der Waals surface area contributed by atoms with Gasteiger partial charge >= 0.3 is 0 Å². The van der Waals surface area contributed by atoms with Crippen LogP contribution in [0.2, 0.25) is 0 Å². The lowest BCUT2D eigenvalue weighted by Gasteiger charge is -2.15. The minimum Gasteiger partial charge on any atom is -0.325 e. The second-order valence-electron chi connectivity index (χ2n) is 4.05. The molecule has 6 heteroatoms. The summed E-state index contributed by atoms with van der Waals surface area (Å²) in [7, 11) is 2.11. The molecule has 0 atom stereocenters. The summed E-state index contributed by atoms with van der Waals surface area (Å²) in [5.74, 6) is 0. The van der Waals surface area contributed by atoms with Crippen molar-refractivity contribution in [3.8, 4) is 0 Å². The number of likely N-dealkylation sites (N-methyl/N-ethyl adjacent to an activating group) is 1. The molecule has 0 unspecified atom stereocenters. The van der Waals surface area contributed by atoms with Crippen molar-refractivity contribution in [2.45, 2.75) is 19.6 Å². The molecule has 0 saturated carbocycles. The monoisotopic (exact) mass is 251 g/mol. The summed E-state index contributed by atoms with van der Waals surface area (Å²) in [4.78, 5) is 2.27. The fourth-order valence-corrected chi connectivity index (χ4v) is 2.25. The van der Waals surface area contributed by atoms with Gasteiger partial charge in [0.25, 0.3) is 0 Å². The van der Waals surface area contributed by atoms with Gasteiger partial charge in [-0.2, -0.15) is 11.3 Å². The van der Waals surface area contributed by atoms with E-state index in [0.717, 1.165) is 25.3 Å². The Morgan fingerprint density at radius 2 is 2.41 bits per heavy atom. The van der Waals surface area contributed by atoms with Crippen molar-refractivity contribution in [1.29, 1.82) is 0 Å². The molecule has 0 aliphatic heterocycles. The zero-order valence-electron chi connectivity index (χ0n) is 9.91. The van der Waals surface area contributed by atoms with Gasteiger partial charge in [0.2, 0.25) is 0 Å². The van der Waals surface area contributed by atoms with Crippen LogP contribution in [0.15, 0.2) is 23.0 Å². The molecule has 2 N–H and O–H groups in total. The molecule has 0 fully saturated rings. The quantitative estimate of drug-likeness (QED) is 0.829. The van der Waals surface area contributed by atoms with Crippen LogP contribution in [0, 0.1) is 0 Å². The number of rotatable bonds is 6. The number of hydrogen-bond acceptors (Lipinski definition) is 5. The summed E-state index contributed by atoms with van der Waals surface area (Å²) >= 11 is 1.73. The Morgan fingerprint density at radius 1 is 1.53 bits per heavy atom. The summed E-state index contributed by atoms with van der Waals surface area (Å²) in [6.07, 6.45) is 1.90. The first-order valence-corrected chi connectivity index (χ1v) is 6.51. The number of nitrogens with zero attached hydrogens (tertiary/aromatic N) is 4. The topological polar surface area (TPSA) is 60.0 Å². The molecule has 5 nitrogen and oxygen atoms in total. The highest BCUT2D eigenvalue weighted by atomic mass is 32.1. The van der Waals surface area contributed by atoms with Gasteiger partial charge in [-0.3, -0.25) is 4.68 Å². The molecule has 2 heterocycles. The lowest BCUT2D eigenvalue weighted by atomic mass is 10.3. The Morgan fingerprint density at radius 3 is 3.06 bits per heavy atom. The molecule has 0 aliphatic rings. The van der Waals surface area contributed by atoms with E-state index in [2.05, 4.69) is 39.1 Å². The van der Waals surface area contributed by atoms with Crippen LogP contribution in [0.5, 0.6) is 0 Å². The SMILES string of the molecule is CN(CCn1cc(CN)nn1)Cc1ccsc1. The minimum absolute atomic E-state index is 0.449. The van der Waals surface area contributed by atoms with Gasteiger partial charge in [-0.1, -0.05) is 5.21 Å². The molecular formula is C11H17N5S. The van der Waals surface area contributed by atoms with E-state index in [0.29, 0.717) is 6.54 Å². The first-order valence-electron chi connectivity index (χ1n) is 5.56. The van der Waals surface area contributed by atoms with Crippen LogP contribution in [0.25, 0.3) is 0 Å². The maximum atomic E-state index is 5.48. The summed E-state index contributed by atoms with van der Waals surface area (Å²) in [6, 6.07) is 2.16. The maximum absolute atomic E-state index is 5.48. The second kappa shape index (κ2) is 5.90. The van der Waals surface area contributed by atoms with Gasteiger partial charge < -0.3 is 10.6 Å². The lowest BCUT2D eigenvalue weighted by Crippen LogP contribution is -2.22. The number of aromatic nitrogens is 3. The van der Waals surface area contributed by atoms with E-state index in [9.17, 15) is 0 Å². The van der Waals surface area contributed by atoms with Crippen molar-refractivity contribution in [3.05, 3.63) is 34.3 Å². The summed E-state index contributed by atoms with van der Waals surface area (Å²) in [5, 5.41) is 12.3. The van der Waals surface area contributed by atoms with Gasteiger partial charge in [-0.25, -0.2) is 0 Å². The molecular weight excluding hydrogens is 234 g/mol. The van der Waals surface area contributed by atoms with Gasteiger partial charge in [-0.15, -0.1) is 5.10 Å². The van der Waals surface area contributed by atoms with Crippen molar-refractivity contribution >= 4 is 11.3 Å². The second-order valence-corrected chi connectivity index (χ2v) is 4.83. The van der Waals surface area contributed by atoms with E-state index in [1.165, 1.54) is 5.56 Å². The molecule has 0 spiro atoms. The minimum atomic E-state index is 0.449. The highest BCUT2D eigenvalue weighted by Gasteiger charge is 2.03. The number of nitrogens with two attached hydrogens (primary N) is 1. The van der Waals surface area contributed by atoms with Crippen molar-refractivity contribution in [3.63, 3.8) is 0 Å². The van der Waals surface area contributed by atoms with E-state index < -0.39 is 0 Å². The van der Waals surface area contributed by atoms with Crippen LogP contribution in [0.1, 0.15) is 11.3 Å². The Labute approximate surface area is 105 Å². The third-order valence-corrected chi connectivity index (χ3v) is 3.27. The fraction of sp³-hybridized carbons (Fsp3) is 0.455. The van der Waals surface area contributed by atoms with Crippen molar-refractivity contribution in [1.82, 2.24) is 19.9 Å². The lowest BCUT2D eigenvalue weighted by molar-refractivity contribution is 0.304. The highest BCUT2D eigenvalue weighted by molar-refractivity contribution is 7.07. The molecule has 17 heavy (non-hydrogen) atoms. The Kier molecular flexibility index (Phi) is 4.24. The normalized spacial score (nSPS) is 11.2. The van der Waals surface area contributed by atoms with E-state index in [1.54, 1.807) is 11.3 Å². The zero-order valence-corrected chi connectivity index (χ0v) is 10.7. The van der Waals surface area contributed by atoms with Crippen molar-refractivity contribution in [2.24, 2.45) is 5.73 Å². The fourth-order valence-electron chi connectivity index (χ4n) is 1.59. The molecule has 0 saturated heterocycles. The third kappa shape index (κ3) is 3.62. The molecule has 0 bridgehead atoms. The Hall–Kier alpha value is -1.24. The van der Waals surface area contributed by atoms with Gasteiger partial charge in [0, 0.05) is 25.8 Å². The Balaban J connectivity index is 1.77. The highest BCUT2D eigenvalue weighted by Crippen LogP contribution is 2.08. The first kappa shape index (κ1) is 12.2. The number of hydrogen-bond donors (Lipinski definition) is 1. The standard InChI is InChI=1S/C11H17N5S/c1-15(7-10-2-5-17-9-10)3-4-16-8-11(6-12)13-14-16/h2,5,8-9H,3-4,6-7,12H2,1H3. The molecule has 0 aliphatic carbocycles. The van der Waals surface area contributed by atoms with Crippen LogP contribution in [-0.2, 0) is 19.6 Å². The summed E-state index contributed by atoms with van der Waals surface area (Å²) in [5.41, 5.74) is 7.68. The van der Waals surface area contributed by atoms with E-state index in [1.807, 2.05) is 10.9 Å². The van der Waals surface area contributed by atoms with Crippen molar-refractivity contribution in [2.75, 3.05) is 13.6 Å². The molecule has 0 radical (unpaired) electrons. The predicted molar refractivity (Wildman–Crippen MR) is 68.6 cm³/mol. The predicted octanol–water partition coefficient (Wildman–Crippen LogP) is 0.930. The van der Waals surface area contributed by atoms with Crippen LogP contribution in [0.3, 0.4) is 0 Å². The van der Waals surface area contributed by atoms with E-state index >= 15 is 0 Å². The summed E-state index contributed by atoms with van der Waals surface area (Å²) in [6.45, 7) is 3.21. The molecule has 2 aromatic heterocycles. The summed E-state index contributed by atoms with van der Waals surface area (Å²) < 4.78 is 1.84. The van der Waals surface area contributed by atoms with Crippen LogP contribution < -0.4 is 5.73 Å². The average molecular weight is 251 g/mol. The zero-order chi connectivity index (χ0) is 12.1. The van der Waals surface area contributed by atoms with Crippen LogP contribution in [-0.4, -0.2) is 33.5 Å². The smallest absolute Gasteiger partial charge is 0.0962 e. The maximum Gasteiger partial charge on any atom is 0.0962 e. The molecule has 0 aromatic carbocycles. The third-order valence-electron chi connectivity index (χ3n) is 2.54. The first-order chi connectivity index (χ1) is 8.28. The van der Waals surface area contributed by atoms with Gasteiger partial charge in [0.05, 0.1) is 12.2 Å². The molecule has 2 aromatic rings. The van der Waals surface area contributed by atoms with Gasteiger partial charge in [-0.05, 0) is 29.4 Å². The molecule has 0 amide bonds. The average Bonchev–Trinajstić information content (AvgIpc) is 2.96. The van der Waals surface area contributed by atoms with E-state index in [-0.39, 0.29) is 0 Å². The van der Waals surface area contributed by atoms with Gasteiger partial charge in [0.15, 0.2) is 0 Å². The molecule has 92 valence electrons. The van der Waals surface area contributed by atoms with Crippen LogP contribution in [0.4, 0.5) is 0 Å². The largest absolute Gasteiger partial charge is 0.325 e. The number of thiophene rings is 1. The Bertz CT molecular complexity index is 436. The van der Waals surface area contributed by atoms with Crippen molar-refractivity contribution < 1.29 is 0 Å². The van der Waals surface area contributed by atoms with E-state index in [4.69, 9.17) is 5.73 Å².